The second-order valence-electron chi connectivity index (χ2n) is 6.06. The third-order valence-electron chi connectivity index (χ3n) is 3.84. The van der Waals surface area contributed by atoms with E-state index in [1.807, 2.05) is 0 Å². The molecule has 112 valence electrons. The number of anilines is 1. The van der Waals surface area contributed by atoms with Crippen molar-refractivity contribution in [2.24, 2.45) is 5.92 Å². The van der Waals surface area contributed by atoms with E-state index in [1.54, 1.807) is 0 Å². The molecule has 0 aliphatic rings. The molecule has 0 aliphatic carbocycles. The van der Waals surface area contributed by atoms with Crippen LogP contribution in [0.1, 0.15) is 26.0 Å². The van der Waals surface area contributed by atoms with Gasteiger partial charge in [-0.25, -0.2) is 9.97 Å². The van der Waals surface area contributed by atoms with Crippen molar-refractivity contribution in [3.63, 3.8) is 0 Å². The van der Waals surface area contributed by atoms with Gasteiger partial charge in [0.1, 0.15) is 0 Å². The lowest BCUT2D eigenvalue weighted by atomic mass is 10.0. The zero-order chi connectivity index (χ0) is 15.5. The fourth-order valence-corrected chi connectivity index (χ4v) is 2.67. The molecule has 0 saturated heterocycles. The Kier molecular flexibility index (Phi) is 4.05. The van der Waals surface area contributed by atoms with Gasteiger partial charge in [-0.2, -0.15) is 0 Å². The molecule has 3 nitrogen and oxygen atoms in total. The zero-order valence-electron chi connectivity index (χ0n) is 13.1. The van der Waals surface area contributed by atoms with Crippen LogP contribution in [0.5, 0.6) is 0 Å². The quantitative estimate of drug-likeness (QED) is 0.771. The third kappa shape index (κ3) is 3.08. The van der Waals surface area contributed by atoms with Crippen LogP contribution < -0.4 is 5.73 Å². The smallest absolute Gasteiger partial charge is 0.220 e. The van der Waals surface area contributed by atoms with E-state index in [0.29, 0.717) is 11.9 Å². The minimum atomic E-state index is 0.351. The number of aryl methyl sites for hydroxylation is 1. The zero-order valence-corrected chi connectivity index (χ0v) is 13.1. The summed E-state index contributed by atoms with van der Waals surface area (Å²) in [6, 6.07) is 16.7. The summed E-state index contributed by atoms with van der Waals surface area (Å²) in [6.07, 6.45) is 2.04. The number of fused-ring (bicyclic) bond motifs is 1. The first-order valence-corrected chi connectivity index (χ1v) is 7.75. The monoisotopic (exact) mass is 291 g/mol. The number of benzene rings is 2. The van der Waals surface area contributed by atoms with Gasteiger partial charge in [0.15, 0.2) is 0 Å². The second kappa shape index (κ2) is 6.14. The minimum absolute atomic E-state index is 0.351. The predicted octanol–water partition coefficient (Wildman–Crippen LogP) is 4.47. The molecular weight excluding hydrogens is 270 g/mol. The van der Waals surface area contributed by atoms with E-state index in [-0.39, 0.29) is 0 Å². The van der Waals surface area contributed by atoms with E-state index in [2.05, 4.69) is 72.3 Å². The first-order valence-electron chi connectivity index (χ1n) is 7.75. The summed E-state index contributed by atoms with van der Waals surface area (Å²) < 4.78 is 0. The van der Waals surface area contributed by atoms with Crippen LogP contribution in [0.2, 0.25) is 0 Å². The van der Waals surface area contributed by atoms with E-state index < -0.39 is 0 Å². The Morgan fingerprint density at radius 3 is 2.59 bits per heavy atom. The Bertz CT molecular complexity index is 788. The van der Waals surface area contributed by atoms with Gasteiger partial charge < -0.3 is 5.73 Å². The maximum atomic E-state index is 5.92. The van der Waals surface area contributed by atoms with Gasteiger partial charge in [0.05, 0.1) is 5.69 Å². The van der Waals surface area contributed by atoms with E-state index in [4.69, 9.17) is 5.73 Å². The lowest BCUT2D eigenvalue weighted by Gasteiger charge is -2.09. The molecule has 3 aromatic rings. The largest absolute Gasteiger partial charge is 0.368 e. The molecule has 0 atom stereocenters. The maximum absolute atomic E-state index is 5.92. The summed E-state index contributed by atoms with van der Waals surface area (Å²) in [6.45, 7) is 4.44. The molecule has 2 N–H and O–H groups in total. The van der Waals surface area contributed by atoms with Crippen molar-refractivity contribution in [2.75, 3.05) is 5.73 Å². The summed E-state index contributed by atoms with van der Waals surface area (Å²) in [4.78, 5) is 8.83. The van der Waals surface area contributed by atoms with Gasteiger partial charge in [-0.3, -0.25) is 0 Å². The molecule has 0 fully saturated rings. The van der Waals surface area contributed by atoms with Crippen LogP contribution in [-0.4, -0.2) is 9.97 Å². The Labute approximate surface area is 131 Å². The van der Waals surface area contributed by atoms with Crippen LogP contribution >= 0.6 is 0 Å². The Balaban J connectivity index is 2.06. The fourth-order valence-electron chi connectivity index (χ4n) is 2.67. The highest BCUT2D eigenvalue weighted by Crippen LogP contribution is 2.28. The molecule has 2 aromatic carbocycles. The average molecular weight is 291 g/mol. The molecule has 22 heavy (non-hydrogen) atoms. The number of nitrogen functional groups attached to an aromatic ring is 1. The maximum Gasteiger partial charge on any atom is 0.220 e. The SMILES string of the molecule is CC(C)CCc1cc(-c2cccc3ccccc23)nc(N)n1. The van der Waals surface area contributed by atoms with Gasteiger partial charge in [0.25, 0.3) is 0 Å². The van der Waals surface area contributed by atoms with Crippen LogP contribution in [0.4, 0.5) is 5.95 Å². The van der Waals surface area contributed by atoms with Crippen LogP contribution in [-0.2, 0) is 6.42 Å². The van der Waals surface area contributed by atoms with Gasteiger partial charge in [-0.1, -0.05) is 56.3 Å². The lowest BCUT2D eigenvalue weighted by molar-refractivity contribution is 0.581. The first-order chi connectivity index (χ1) is 10.6. The van der Waals surface area contributed by atoms with Crippen LogP contribution in [0.3, 0.4) is 0 Å². The molecule has 0 unspecified atom stereocenters. The standard InChI is InChI=1S/C19H21N3/c1-13(2)10-11-15-12-18(22-19(20)21-15)17-9-5-7-14-6-3-4-8-16(14)17/h3-9,12-13H,10-11H2,1-2H3,(H2,20,21,22). The Hall–Kier alpha value is -2.42. The Morgan fingerprint density at radius 1 is 1.00 bits per heavy atom. The van der Waals surface area contributed by atoms with Crippen molar-refractivity contribution < 1.29 is 0 Å². The van der Waals surface area contributed by atoms with Gasteiger partial charge in [0.2, 0.25) is 5.95 Å². The summed E-state index contributed by atoms with van der Waals surface area (Å²) in [7, 11) is 0. The molecule has 3 rings (SSSR count). The highest BCUT2D eigenvalue weighted by molar-refractivity contribution is 5.95. The van der Waals surface area contributed by atoms with Crippen molar-refractivity contribution in [1.29, 1.82) is 0 Å². The molecule has 0 saturated carbocycles. The molecule has 1 aromatic heterocycles. The van der Waals surface area contributed by atoms with E-state index in [9.17, 15) is 0 Å². The van der Waals surface area contributed by atoms with Crippen molar-refractivity contribution in [2.45, 2.75) is 26.7 Å². The van der Waals surface area contributed by atoms with Crippen LogP contribution in [0, 0.1) is 5.92 Å². The highest BCUT2D eigenvalue weighted by Gasteiger charge is 2.09. The number of rotatable bonds is 4. The third-order valence-corrected chi connectivity index (χ3v) is 3.84. The molecule has 0 radical (unpaired) electrons. The summed E-state index contributed by atoms with van der Waals surface area (Å²) in [5.41, 5.74) is 8.96. The number of aromatic nitrogens is 2. The van der Waals surface area contributed by atoms with Crippen LogP contribution in [0.25, 0.3) is 22.0 Å². The van der Waals surface area contributed by atoms with Crippen molar-refractivity contribution >= 4 is 16.7 Å². The molecule has 0 spiro atoms. The molecule has 0 amide bonds. The van der Waals surface area contributed by atoms with Gasteiger partial charge >= 0.3 is 0 Å². The number of nitrogens with two attached hydrogens (primary N) is 1. The molecule has 1 heterocycles. The topological polar surface area (TPSA) is 51.8 Å². The van der Waals surface area contributed by atoms with Gasteiger partial charge in [-0.05, 0) is 35.6 Å². The summed E-state index contributed by atoms with van der Waals surface area (Å²) in [5, 5.41) is 2.40. The van der Waals surface area contributed by atoms with E-state index >= 15 is 0 Å². The summed E-state index contributed by atoms with van der Waals surface area (Å²) >= 11 is 0. The van der Waals surface area contributed by atoms with Crippen molar-refractivity contribution in [3.05, 3.63) is 54.2 Å². The summed E-state index contributed by atoms with van der Waals surface area (Å²) in [5.74, 6) is 1.00. The van der Waals surface area contributed by atoms with E-state index in [1.165, 1.54) is 10.8 Å². The normalized spacial score (nSPS) is 11.2. The number of hydrogen-bond acceptors (Lipinski definition) is 3. The average Bonchev–Trinajstić information content (AvgIpc) is 2.52. The van der Waals surface area contributed by atoms with E-state index in [0.717, 1.165) is 29.8 Å². The first kappa shape index (κ1) is 14.5. The Morgan fingerprint density at radius 2 is 1.77 bits per heavy atom. The molecule has 0 aliphatic heterocycles. The molecule has 3 heteroatoms. The fraction of sp³-hybridized carbons (Fsp3) is 0.263. The lowest BCUT2D eigenvalue weighted by Crippen LogP contribution is -2.02. The van der Waals surface area contributed by atoms with Crippen molar-refractivity contribution in [3.8, 4) is 11.3 Å². The molecular formula is C19H21N3. The minimum Gasteiger partial charge on any atom is -0.368 e. The number of hydrogen-bond donors (Lipinski definition) is 1. The molecule has 0 bridgehead atoms. The van der Waals surface area contributed by atoms with Gasteiger partial charge in [0, 0.05) is 11.3 Å². The van der Waals surface area contributed by atoms with Gasteiger partial charge in [-0.15, -0.1) is 0 Å². The highest BCUT2D eigenvalue weighted by atomic mass is 15.0. The number of nitrogens with zero attached hydrogens (tertiary/aromatic N) is 2. The van der Waals surface area contributed by atoms with Crippen molar-refractivity contribution in [1.82, 2.24) is 9.97 Å². The predicted molar refractivity (Wildman–Crippen MR) is 92.5 cm³/mol. The second-order valence-corrected chi connectivity index (χ2v) is 6.06. The van der Waals surface area contributed by atoms with Crippen LogP contribution in [0.15, 0.2) is 48.5 Å².